The van der Waals surface area contributed by atoms with E-state index in [4.69, 9.17) is 5.11 Å². The Morgan fingerprint density at radius 2 is 2.00 bits per heavy atom. The summed E-state index contributed by atoms with van der Waals surface area (Å²) in [5.41, 5.74) is 2.08. The molecule has 0 saturated heterocycles. The molecule has 0 aromatic heterocycles. The molecule has 0 atom stereocenters. The molecule has 0 radical (unpaired) electrons. The number of aliphatic carboxylic acids is 1. The van der Waals surface area contributed by atoms with Crippen molar-refractivity contribution in [2.24, 2.45) is 0 Å². The first kappa shape index (κ1) is 15.4. The van der Waals surface area contributed by atoms with Crippen molar-refractivity contribution < 1.29 is 19.5 Å². The lowest BCUT2D eigenvalue weighted by Gasteiger charge is -2.09. The average Bonchev–Trinajstić information content (AvgIpc) is 2.37. The molecule has 1 aromatic carbocycles. The Hall–Kier alpha value is -2.63. The van der Waals surface area contributed by atoms with Gasteiger partial charge in [-0.1, -0.05) is 12.1 Å². The molecule has 20 heavy (non-hydrogen) atoms. The second-order valence-electron chi connectivity index (χ2n) is 4.20. The lowest BCUT2D eigenvalue weighted by atomic mass is 10.1. The van der Waals surface area contributed by atoms with Gasteiger partial charge in [-0.2, -0.15) is 0 Å². The molecule has 0 bridgehead atoms. The predicted molar refractivity (Wildman–Crippen MR) is 75.2 cm³/mol. The van der Waals surface area contributed by atoms with Crippen molar-refractivity contribution >= 4 is 29.5 Å². The number of carbonyl (C=O) groups is 3. The number of anilines is 1. The van der Waals surface area contributed by atoms with Gasteiger partial charge in [0, 0.05) is 18.7 Å². The van der Waals surface area contributed by atoms with E-state index in [2.05, 4.69) is 10.6 Å². The number of carboxylic acids is 1. The number of hydrogen-bond donors (Lipinski definition) is 3. The van der Waals surface area contributed by atoms with Crippen LogP contribution < -0.4 is 10.6 Å². The molecular weight excluding hydrogens is 260 g/mol. The maximum Gasteiger partial charge on any atom is 0.328 e. The molecule has 6 heteroatoms. The molecule has 0 aliphatic carbocycles. The Balaban J connectivity index is 2.78. The highest BCUT2D eigenvalue weighted by molar-refractivity contribution is 5.95. The molecule has 0 unspecified atom stereocenters. The molecule has 1 aromatic rings. The monoisotopic (exact) mass is 276 g/mol. The first-order chi connectivity index (χ1) is 9.38. The fourth-order valence-electron chi connectivity index (χ4n) is 1.44. The van der Waals surface area contributed by atoms with Crippen LogP contribution in [0.4, 0.5) is 5.69 Å². The second kappa shape index (κ2) is 7.08. The van der Waals surface area contributed by atoms with Gasteiger partial charge in [0.15, 0.2) is 0 Å². The van der Waals surface area contributed by atoms with E-state index >= 15 is 0 Å². The molecule has 3 N–H and O–H groups in total. The summed E-state index contributed by atoms with van der Waals surface area (Å²) in [5, 5.41) is 13.6. The minimum absolute atomic E-state index is 0.107. The molecule has 2 amide bonds. The van der Waals surface area contributed by atoms with Crippen LogP contribution in [0.15, 0.2) is 24.3 Å². The lowest BCUT2D eigenvalue weighted by Crippen LogP contribution is -2.31. The number of carbonyl (C=O) groups excluding carboxylic acids is 2. The number of aryl methyl sites for hydroxylation is 1. The van der Waals surface area contributed by atoms with Crippen LogP contribution in [-0.4, -0.2) is 29.4 Å². The fourth-order valence-corrected chi connectivity index (χ4v) is 1.44. The molecule has 106 valence electrons. The van der Waals surface area contributed by atoms with Gasteiger partial charge in [-0.05, 0) is 30.2 Å². The number of rotatable bonds is 5. The van der Waals surface area contributed by atoms with Crippen molar-refractivity contribution in [3.8, 4) is 0 Å². The number of hydrogen-bond acceptors (Lipinski definition) is 3. The van der Waals surface area contributed by atoms with E-state index in [1.54, 1.807) is 18.2 Å². The van der Waals surface area contributed by atoms with Gasteiger partial charge in [0.2, 0.25) is 11.8 Å². The normalized spacial score (nSPS) is 10.3. The summed E-state index contributed by atoms with van der Waals surface area (Å²) in [5.74, 6) is -1.67. The Morgan fingerprint density at radius 3 is 2.60 bits per heavy atom. The van der Waals surface area contributed by atoms with Crippen LogP contribution in [0, 0.1) is 6.92 Å². The zero-order valence-corrected chi connectivity index (χ0v) is 11.3. The van der Waals surface area contributed by atoms with Crippen LogP contribution in [0.25, 0.3) is 6.08 Å². The van der Waals surface area contributed by atoms with Crippen LogP contribution in [0.5, 0.6) is 0 Å². The van der Waals surface area contributed by atoms with Crippen molar-refractivity contribution in [2.75, 3.05) is 11.9 Å². The van der Waals surface area contributed by atoms with Gasteiger partial charge >= 0.3 is 5.97 Å². The van der Waals surface area contributed by atoms with Crippen LogP contribution >= 0.6 is 0 Å². The number of benzene rings is 1. The molecule has 0 spiro atoms. The highest BCUT2D eigenvalue weighted by Gasteiger charge is 2.05. The maximum atomic E-state index is 11.6. The van der Waals surface area contributed by atoms with E-state index in [0.717, 1.165) is 11.6 Å². The third-order valence-corrected chi connectivity index (χ3v) is 2.45. The van der Waals surface area contributed by atoms with E-state index in [1.807, 2.05) is 6.92 Å². The first-order valence-electron chi connectivity index (χ1n) is 5.94. The molecular formula is C14H16N2O4. The van der Waals surface area contributed by atoms with Gasteiger partial charge in [-0.25, -0.2) is 4.79 Å². The standard InChI is InChI=1S/C14H16N2O4/c1-9-3-4-11(5-6-14(19)20)7-12(9)16-13(18)8-15-10(2)17/h3-7H,8H2,1-2H3,(H,15,17)(H,16,18)(H,19,20). The Kier molecular flexibility index (Phi) is 5.46. The number of carboxylic acid groups (broad SMARTS) is 1. The number of nitrogens with one attached hydrogen (secondary N) is 2. The van der Waals surface area contributed by atoms with Crippen LogP contribution in [0.3, 0.4) is 0 Å². The second-order valence-corrected chi connectivity index (χ2v) is 4.20. The summed E-state index contributed by atoms with van der Waals surface area (Å²) in [6.45, 7) is 3.04. The van der Waals surface area contributed by atoms with Crippen molar-refractivity contribution in [1.82, 2.24) is 5.32 Å². The van der Waals surface area contributed by atoms with Crippen LogP contribution in [0.2, 0.25) is 0 Å². The van der Waals surface area contributed by atoms with Crippen LogP contribution in [-0.2, 0) is 14.4 Å². The molecule has 6 nitrogen and oxygen atoms in total. The van der Waals surface area contributed by atoms with Crippen molar-refractivity contribution in [1.29, 1.82) is 0 Å². The largest absolute Gasteiger partial charge is 0.478 e. The molecule has 0 aliphatic heterocycles. The highest BCUT2D eigenvalue weighted by Crippen LogP contribution is 2.17. The quantitative estimate of drug-likeness (QED) is 0.703. The zero-order valence-electron chi connectivity index (χ0n) is 11.3. The predicted octanol–water partition coefficient (Wildman–Crippen LogP) is 1.17. The van der Waals surface area contributed by atoms with E-state index < -0.39 is 5.97 Å². The van der Waals surface area contributed by atoms with Crippen molar-refractivity contribution in [3.05, 3.63) is 35.4 Å². The highest BCUT2D eigenvalue weighted by atomic mass is 16.4. The van der Waals surface area contributed by atoms with Gasteiger partial charge in [0.25, 0.3) is 0 Å². The Morgan fingerprint density at radius 1 is 1.30 bits per heavy atom. The fraction of sp³-hybridized carbons (Fsp3) is 0.214. The minimum atomic E-state index is -1.04. The van der Waals surface area contributed by atoms with Crippen molar-refractivity contribution in [3.63, 3.8) is 0 Å². The minimum Gasteiger partial charge on any atom is -0.478 e. The zero-order chi connectivity index (χ0) is 15.1. The number of amides is 2. The van der Waals surface area contributed by atoms with Gasteiger partial charge in [0.05, 0.1) is 6.54 Å². The van der Waals surface area contributed by atoms with E-state index in [1.165, 1.54) is 13.0 Å². The van der Waals surface area contributed by atoms with E-state index in [0.29, 0.717) is 11.3 Å². The Bertz CT molecular complexity index is 564. The molecule has 0 saturated carbocycles. The summed E-state index contributed by atoms with van der Waals surface area (Å²) >= 11 is 0. The van der Waals surface area contributed by atoms with E-state index in [9.17, 15) is 14.4 Å². The summed E-state index contributed by atoms with van der Waals surface area (Å²) < 4.78 is 0. The molecule has 0 fully saturated rings. The molecule has 0 aliphatic rings. The topological polar surface area (TPSA) is 95.5 Å². The van der Waals surface area contributed by atoms with Gasteiger partial charge in [-0.3, -0.25) is 9.59 Å². The van der Waals surface area contributed by atoms with Crippen molar-refractivity contribution in [2.45, 2.75) is 13.8 Å². The summed E-state index contributed by atoms with van der Waals surface area (Å²) in [6.07, 6.45) is 2.46. The molecule has 1 rings (SSSR count). The van der Waals surface area contributed by atoms with Crippen LogP contribution in [0.1, 0.15) is 18.1 Å². The summed E-state index contributed by atoms with van der Waals surface area (Å²) in [4.78, 5) is 32.8. The third-order valence-electron chi connectivity index (χ3n) is 2.45. The maximum absolute atomic E-state index is 11.6. The van der Waals surface area contributed by atoms with Gasteiger partial charge in [0.1, 0.15) is 0 Å². The van der Waals surface area contributed by atoms with Gasteiger partial charge < -0.3 is 15.7 Å². The lowest BCUT2D eigenvalue weighted by molar-refractivity contribution is -0.131. The Labute approximate surface area is 116 Å². The summed E-state index contributed by atoms with van der Waals surface area (Å²) in [7, 11) is 0. The van der Waals surface area contributed by atoms with E-state index in [-0.39, 0.29) is 18.4 Å². The SMILES string of the molecule is CC(=O)NCC(=O)Nc1cc(C=CC(=O)O)ccc1C. The third kappa shape index (κ3) is 5.34. The van der Waals surface area contributed by atoms with Gasteiger partial charge in [-0.15, -0.1) is 0 Å². The summed E-state index contributed by atoms with van der Waals surface area (Å²) in [6, 6.07) is 5.19. The molecule has 0 heterocycles. The average molecular weight is 276 g/mol. The first-order valence-corrected chi connectivity index (χ1v) is 5.94. The smallest absolute Gasteiger partial charge is 0.328 e.